The minimum Gasteiger partial charge on any atom is -0.497 e. The lowest BCUT2D eigenvalue weighted by Gasteiger charge is -2.37. The molecule has 0 bridgehead atoms. The SMILES string of the molecule is COc1ccc(OCc2cc(C(=O)N3CCN4CCC[C@H]4C3)n[nH]2)c(Cl)c1. The molecule has 27 heavy (non-hydrogen) atoms. The highest BCUT2D eigenvalue weighted by atomic mass is 35.5. The number of amides is 1. The van der Waals surface area contributed by atoms with Crippen molar-refractivity contribution in [3.63, 3.8) is 0 Å². The summed E-state index contributed by atoms with van der Waals surface area (Å²) in [7, 11) is 1.59. The quantitative estimate of drug-likeness (QED) is 0.849. The Balaban J connectivity index is 1.36. The van der Waals surface area contributed by atoms with Crippen LogP contribution in [0.2, 0.25) is 5.02 Å². The van der Waals surface area contributed by atoms with Crippen molar-refractivity contribution in [3.05, 3.63) is 40.7 Å². The van der Waals surface area contributed by atoms with E-state index in [2.05, 4.69) is 15.1 Å². The van der Waals surface area contributed by atoms with Crippen LogP contribution in [0.25, 0.3) is 0 Å². The summed E-state index contributed by atoms with van der Waals surface area (Å²) in [6, 6.07) is 7.49. The Morgan fingerprint density at radius 2 is 2.22 bits per heavy atom. The number of hydrogen-bond donors (Lipinski definition) is 1. The Labute approximate surface area is 163 Å². The van der Waals surface area contributed by atoms with E-state index in [1.807, 2.05) is 4.90 Å². The zero-order valence-electron chi connectivity index (χ0n) is 15.3. The van der Waals surface area contributed by atoms with E-state index in [1.54, 1.807) is 31.4 Å². The lowest BCUT2D eigenvalue weighted by Crippen LogP contribution is -2.52. The molecule has 0 spiro atoms. The Bertz CT molecular complexity index is 825. The Morgan fingerprint density at radius 3 is 3.04 bits per heavy atom. The predicted octanol–water partition coefficient (Wildman–Crippen LogP) is 2.57. The first-order valence-electron chi connectivity index (χ1n) is 9.18. The summed E-state index contributed by atoms with van der Waals surface area (Å²) in [6.07, 6.45) is 2.40. The highest BCUT2D eigenvalue weighted by molar-refractivity contribution is 6.32. The molecule has 2 aliphatic rings. The number of fused-ring (bicyclic) bond motifs is 1. The summed E-state index contributed by atoms with van der Waals surface area (Å²) in [4.78, 5) is 17.1. The molecule has 1 amide bonds. The fourth-order valence-corrected chi connectivity index (χ4v) is 3.99. The predicted molar refractivity (Wildman–Crippen MR) is 101 cm³/mol. The number of hydrogen-bond acceptors (Lipinski definition) is 5. The molecule has 0 unspecified atom stereocenters. The third kappa shape index (κ3) is 3.89. The number of carbonyl (C=O) groups is 1. The van der Waals surface area contributed by atoms with Gasteiger partial charge in [-0.1, -0.05) is 11.6 Å². The smallest absolute Gasteiger partial charge is 0.274 e. The van der Waals surface area contributed by atoms with Crippen molar-refractivity contribution in [2.45, 2.75) is 25.5 Å². The molecule has 1 aromatic heterocycles. The molecule has 1 N–H and O–H groups in total. The third-order valence-corrected chi connectivity index (χ3v) is 5.54. The molecule has 1 atom stereocenters. The zero-order valence-corrected chi connectivity index (χ0v) is 16.0. The number of H-pyrrole nitrogens is 1. The van der Waals surface area contributed by atoms with Gasteiger partial charge in [-0.25, -0.2) is 0 Å². The molecule has 0 radical (unpaired) electrons. The number of ether oxygens (including phenoxy) is 2. The van der Waals surface area contributed by atoms with E-state index in [4.69, 9.17) is 21.1 Å². The molecule has 144 valence electrons. The van der Waals surface area contributed by atoms with Crippen LogP contribution in [-0.4, -0.2) is 65.2 Å². The maximum atomic E-state index is 12.7. The number of rotatable bonds is 5. The lowest BCUT2D eigenvalue weighted by molar-refractivity contribution is 0.0565. The van der Waals surface area contributed by atoms with E-state index in [0.29, 0.717) is 28.3 Å². The highest BCUT2D eigenvalue weighted by Crippen LogP contribution is 2.29. The van der Waals surface area contributed by atoms with Crippen LogP contribution in [0.4, 0.5) is 0 Å². The molecule has 8 heteroatoms. The number of aromatic nitrogens is 2. The standard InChI is InChI=1S/C19H23ClN4O3/c1-26-15-4-5-18(16(20)10-15)27-12-13-9-17(22-21-13)19(25)24-8-7-23-6-2-3-14(23)11-24/h4-5,9-10,14H,2-3,6-8,11-12H2,1H3,(H,21,22)/t14-/m0/s1. The second-order valence-corrected chi connectivity index (χ2v) is 7.35. The molecule has 1 aromatic carbocycles. The zero-order chi connectivity index (χ0) is 18.8. The van der Waals surface area contributed by atoms with Crippen molar-refractivity contribution >= 4 is 17.5 Å². The molecule has 0 aliphatic carbocycles. The van der Waals surface area contributed by atoms with E-state index in [-0.39, 0.29) is 12.5 Å². The van der Waals surface area contributed by atoms with Gasteiger partial charge in [0.25, 0.3) is 5.91 Å². The van der Waals surface area contributed by atoms with Gasteiger partial charge in [0.1, 0.15) is 18.1 Å². The topological polar surface area (TPSA) is 70.7 Å². The first kappa shape index (κ1) is 18.1. The third-order valence-electron chi connectivity index (χ3n) is 5.25. The summed E-state index contributed by atoms with van der Waals surface area (Å²) >= 11 is 6.18. The van der Waals surface area contributed by atoms with Crippen molar-refractivity contribution in [3.8, 4) is 11.5 Å². The van der Waals surface area contributed by atoms with Crippen LogP contribution >= 0.6 is 11.6 Å². The first-order valence-corrected chi connectivity index (χ1v) is 9.56. The molecule has 3 heterocycles. The average Bonchev–Trinajstić information content (AvgIpc) is 3.35. The molecule has 4 rings (SSSR count). The van der Waals surface area contributed by atoms with Crippen LogP contribution < -0.4 is 9.47 Å². The number of benzene rings is 1. The second kappa shape index (κ2) is 7.78. The van der Waals surface area contributed by atoms with Crippen LogP contribution in [0.1, 0.15) is 29.0 Å². The molecular formula is C19H23ClN4O3. The minimum atomic E-state index is -0.0217. The normalized spacial score (nSPS) is 19.8. The Morgan fingerprint density at radius 1 is 1.33 bits per heavy atom. The van der Waals surface area contributed by atoms with Crippen LogP contribution in [0.3, 0.4) is 0 Å². The largest absolute Gasteiger partial charge is 0.497 e. The van der Waals surface area contributed by atoms with Gasteiger partial charge in [0.15, 0.2) is 5.69 Å². The van der Waals surface area contributed by atoms with Crippen molar-refractivity contribution in [1.29, 1.82) is 0 Å². The molecule has 2 aliphatic heterocycles. The van der Waals surface area contributed by atoms with Gasteiger partial charge < -0.3 is 14.4 Å². The summed E-state index contributed by atoms with van der Waals surface area (Å²) in [5, 5.41) is 7.53. The van der Waals surface area contributed by atoms with Gasteiger partial charge in [0, 0.05) is 31.7 Å². The van der Waals surface area contributed by atoms with E-state index in [9.17, 15) is 4.79 Å². The van der Waals surface area contributed by atoms with Crippen molar-refractivity contribution < 1.29 is 14.3 Å². The van der Waals surface area contributed by atoms with Crippen LogP contribution in [-0.2, 0) is 6.61 Å². The Hall–Kier alpha value is -2.25. The molecular weight excluding hydrogens is 368 g/mol. The molecule has 2 fully saturated rings. The Kier molecular flexibility index (Phi) is 5.22. The maximum Gasteiger partial charge on any atom is 0.274 e. The summed E-state index contributed by atoms with van der Waals surface area (Å²) < 4.78 is 10.9. The van der Waals surface area contributed by atoms with E-state index < -0.39 is 0 Å². The minimum absolute atomic E-state index is 0.0217. The van der Waals surface area contributed by atoms with Crippen molar-refractivity contribution in [2.24, 2.45) is 0 Å². The summed E-state index contributed by atoms with van der Waals surface area (Å²) in [5.41, 5.74) is 1.16. The number of carbonyl (C=O) groups excluding carboxylic acids is 1. The van der Waals surface area contributed by atoms with Crippen LogP contribution in [0.5, 0.6) is 11.5 Å². The first-order chi connectivity index (χ1) is 13.1. The number of piperazine rings is 1. The number of halogens is 1. The maximum absolute atomic E-state index is 12.7. The molecule has 0 saturated carbocycles. The van der Waals surface area contributed by atoms with Crippen molar-refractivity contribution in [2.75, 3.05) is 33.3 Å². The highest BCUT2D eigenvalue weighted by Gasteiger charge is 2.33. The van der Waals surface area contributed by atoms with E-state index in [0.717, 1.165) is 31.9 Å². The number of methoxy groups -OCH3 is 1. The molecule has 2 saturated heterocycles. The number of nitrogens with zero attached hydrogens (tertiary/aromatic N) is 3. The van der Waals surface area contributed by atoms with Crippen LogP contribution in [0.15, 0.2) is 24.3 Å². The number of nitrogens with one attached hydrogen (secondary N) is 1. The van der Waals surface area contributed by atoms with Gasteiger partial charge in [-0.2, -0.15) is 5.10 Å². The van der Waals surface area contributed by atoms with Crippen LogP contribution in [0, 0.1) is 0 Å². The fraction of sp³-hybridized carbons (Fsp3) is 0.474. The average molecular weight is 391 g/mol. The van der Waals surface area contributed by atoms with Gasteiger partial charge in [0.2, 0.25) is 0 Å². The van der Waals surface area contributed by atoms with Gasteiger partial charge in [-0.15, -0.1) is 0 Å². The fourth-order valence-electron chi connectivity index (χ4n) is 3.76. The van der Waals surface area contributed by atoms with Gasteiger partial charge in [-0.05, 0) is 37.6 Å². The van der Waals surface area contributed by atoms with Crippen molar-refractivity contribution in [1.82, 2.24) is 20.0 Å². The van der Waals surface area contributed by atoms with Gasteiger partial charge in [-0.3, -0.25) is 14.8 Å². The molecule has 2 aromatic rings. The van der Waals surface area contributed by atoms with Gasteiger partial charge >= 0.3 is 0 Å². The number of aromatic amines is 1. The lowest BCUT2D eigenvalue weighted by atomic mass is 10.1. The van der Waals surface area contributed by atoms with E-state index in [1.165, 1.54) is 12.8 Å². The van der Waals surface area contributed by atoms with E-state index >= 15 is 0 Å². The second-order valence-electron chi connectivity index (χ2n) is 6.95. The molecule has 7 nitrogen and oxygen atoms in total. The van der Waals surface area contributed by atoms with Gasteiger partial charge in [0.05, 0.1) is 17.8 Å². The summed E-state index contributed by atoms with van der Waals surface area (Å²) in [5.74, 6) is 1.20. The summed E-state index contributed by atoms with van der Waals surface area (Å²) in [6.45, 7) is 3.91. The monoisotopic (exact) mass is 390 g/mol.